The third-order valence-corrected chi connectivity index (χ3v) is 3.57. The Hall–Kier alpha value is -0.760. The zero-order valence-electron chi connectivity index (χ0n) is 12.2. The molecule has 1 saturated heterocycles. The van der Waals surface area contributed by atoms with Crippen molar-refractivity contribution in [1.82, 2.24) is 9.80 Å². The van der Waals surface area contributed by atoms with Crippen LogP contribution < -0.4 is 5.73 Å². The molecule has 2 atom stereocenters. The molecule has 0 radical (unpaired) electrons. The van der Waals surface area contributed by atoms with E-state index in [9.17, 15) is 4.79 Å². The number of hydrogen-bond acceptors (Lipinski definition) is 5. The van der Waals surface area contributed by atoms with E-state index in [4.69, 9.17) is 27.8 Å². The summed E-state index contributed by atoms with van der Waals surface area (Å²) in [6.45, 7) is 4.70. The minimum absolute atomic E-state index is 0.0165. The summed E-state index contributed by atoms with van der Waals surface area (Å²) in [5, 5.41) is 9.16. The molecular formula is C13H25N3O3S. The number of amides is 1. The Morgan fingerprint density at radius 1 is 1.50 bits per heavy atom. The highest BCUT2D eigenvalue weighted by Crippen LogP contribution is 2.11. The SMILES string of the molecule is CC1CN(CCC(=O)N(C)CCC(N)=S)CC(CO)O1. The van der Waals surface area contributed by atoms with Crippen LogP contribution in [0.3, 0.4) is 0 Å². The average Bonchev–Trinajstić information content (AvgIpc) is 2.41. The van der Waals surface area contributed by atoms with Gasteiger partial charge in [0.2, 0.25) is 5.91 Å². The molecule has 20 heavy (non-hydrogen) atoms. The first-order valence-corrected chi connectivity index (χ1v) is 7.34. The third-order valence-electron chi connectivity index (χ3n) is 3.37. The zero-order chi connectivity index (χ0) is 15.1. The standard InChI is InChI=1S/C13H25N3O3S/c1-10-7-16(8-11(9-17)19-10)6-4-13(18)15(2)5-3-12(14)20/h10-11,17H,3-9H2,1-2H3,(H2,14,20). The van der Waals surface area contributed by atoms with Gasteiger partial charge in [0.1, 0.15) is 0 Å². The molecule has 3 N–H and O–H groups in total. The van der Waals surface area contributed by atoms with Crippen molar-refractivity contribution >= 4 is 23.1 Å². The number of nitrogens with zero attached hydrogens (tertiary/aromatic N) is 2. The number of carbonyl (C=O) groups excluding carboxylic acids is 1. The van der Waals surface area contributed by atoms with Gasteiger partial charge in [0.05, 0.1) is 23.8 Å². The number of carbonyl (C=O) groups is 1. The van der Waals surface area contributed by atoms with E-state index >= 15 is 0 Å². The minimum Gasteiger partial charge on any atom is -0.394 e. The monoisotopic (exact) mass is 303 g/mol. The Morgan fingerprint density at radius 2 is 2.20 bits per heavy atom. The summed E-state index contributed by atoms with van der Waals surface area (Å²) >= 11 is 4.80. The molecule has 1 aliphatic rings. The molecule has 1 rings (SSSR count). The summed E-state index contributed by atoms with van der Waals surface area (Å²) in [6.07, 6.45) is 0.946. The van der Waals surface area contributed by atoms with E-state index in [1.54, 1.807) is 11.9 Å². The summed E-state index contributed by atoms with van der Waals surface area (Å²) in [5.41, 5.74) is 5.43. The Bertz CT molecular complexity index is 341. The maximum absolute atomic E-state index is 12.0. The highest BCUT2D eigenvalue weighted by molar-refractivity contribution is 7.80. The molecule has 0 aromatic heterocycles. The van der Waals surface area contributed by atoms with E-state index < -0.39 is 0 Å². The second-order valence-corrected chi connectivity index (χ2v) is 5.82. The Kier molecular flexibility index (Phi) is 7.36. The van der Waals surface area contributed by atoms with Gasteiger partial charge in [-0.2, -0.15) is 0 Å². The van der Waals surface area contributed by atoms with Gasteiger partial charge in [0.25, 0.3) is 0 Å². The topological polar surface area (TPSA) is 79.0 Å². The molecule has 1 heterocycles. The molecule has 0 aromatic carbocycles. The number of nitrogens with two attached hydrogens (primary N) is 1. The van der Waals surface area contributed by atoms with E-state index in [0.717, 1.165) is 6.54 Å². The highest BCUT2D eigenvalue weighted by atomic mass is 32.1. The van der Waals surface area contributed by atoms with E-state index in [2.05, 4.69) is 4.90 Å². The quantitative estimate of drug-likeness (QED) is 0.623. The largest absolute Gasteiger partial charge is 0.394 e. The van der Waals surface area contributed by atoms with Crippen LogP contribution in [0.4, 0.5) is 0 Å². The number of ether oxygens (including phenoxy) is 1. The molecule has 2 unspecified atom stereocenters. The van der Waals surface area contributed by atoms with Crippen LogP contribution in [-0.4, -0.2) is 77.8 Å². The number of aliphatic hydroxyl groups excluding tert-OH is 1. The molecule has 1 fully saturated rings. The van der Waals surface area contributed by atoms with E-state index in [0.29, 0.717) is 37.5 Å². The molecule has 1 aliphatic heterocycles. The van der Waals surface area contributed by atoms with Crippen LogP contribution in [0.1, 0.15) is 19.8 Å². The maximum Gasteiger partial charge on any atom is 0.223 e. The third kappa shape index (κ3) is 6.13. The fraction of sp³-hybridized carbons (Fsp3) is 0.846. The molecule has 1 amide bonds. The summed E-state index contributed by atoms with van der Waals surface area (Å²) in [5.74, 6) is 0.0842. The van der Waals surface area contributed by atoms with Crippen molar-refractivity contribution in [1.29, 1.82) is 0 Å². The predicted molar refractivity (Wildman–Crippen MR) is 81.5 cm³/mol. The van der Waals surface area contributed by atoms with Crippen molar-refractivity contribution in [3.05, 3.63) is 0 Å². The van der Waals surface area contributed by atoms with Crippen LogP contribution in [0.25, 0.3) is 0 Å². The molecule has 7 heteroatoms. The van der Waals surface area contributed by atoms with Crippen LogP contribution in [0.5, 0.6) is 0 Å². The lowest BCUT2D eigenvalue weighted by Gasteiger charge is -2.36. The first-order valence-electron chi connectivity index (χ1n) is 6.93. The Balaban J connectivity index is 2.30. The van der Waals surface area contributed by atoms with Crippen LogP contribution in [0, 0.1) is 0 Å². The lowest BCUT2D eigenvalue weighted by atomic mass is 10.2. The van der Waals surface area contributed by atoms with E-state index in [1.807, 2.05) is 6.92 Å². The van der Waals surface area contributed by atoms with Crippen molar-refractivity contribution in [2.75, 3.05) is 39.8 Å². The Morgan fingerprint density at radius 3 is 2.80 bits per heavy atom. The van der Waals surface area contributed by atoms with Crippen molar-refractivity contribution < 1.29 is 14.6 Å². The number of hydrogen-bond donors (Lipinski definition) is 2. The van der Waals surface area contributed by atoms with Crippen LogP contribution in [0.2, 0.25) is 0 Å². The number of aliphatic hydroxyl groups is 1. The maximum atomic E-state index is 12.0. The number of rotatable bonds is 7. The van der Waals surface area contributed by atoms with Gasteiger partial charge in [0.15, 0.2) is 0 Å². The molecule has 0 bridgehead atoms. The molecule has 0 aliphatic carbocycles. The van der Waals surface area contributed by atoms with Gasteiger partial charge < -0.3 is 20.5 Å². The van der Waals surface area contributed by atoms with Gasteiger partial charge in [-0.05, 0) is 6.92 Å². The smallest absolute Gasteiger partial charge is 0.223 e. The van der Waals surface area contributed by atoms with Gasteiger partial charge in [-0.25, -0.2) is 0 Å². The molecule has 0 saturated carbocycles. The summed E-state index contributed by atoms with van der Waals surface area (Å²) in [4.78, 5) is 16.2. The van der Waals surface area contributed by atoms with E-state index in [-0.39, 0.29) is 24.7 Å². The van der Waals surface area contributed by atoms with Crippen molar-refractivity contribution in [2.45, 2.75) is 32.0 Å². The first-order chi connectivity index (χ1) is 9.42. The van der Waals surface area contributed by atoms with Crippen molar-refractivity contribution in [3.8, 4) is 0 Å². The molecule has 0 spiro atoms. The predicted octanol–water partition coefficient (Wildman–Crippen LogP) is -0.407. The van der Waals surface area contributed by atoms with Gasteiger partial charge in [0, 0.05) is 46.1 Å². The van der Waals surface area contributed by atoms with Crippen molar-refractivity contribution in [2.24, 2.45) is 5.73 Å². The van der Waals surface area contributed by atoms with Crippen molar-refractivity contribution in [3.63, 3.8) is 0 Å². The molecule has 6 nitrogen and oxygen atoms in total. The summed E-state index contributed by atoms with van der Waals surface area (Å²) < 4.78 is 5.57. The second kappa shape index (κ2) is 8.51. The van der Waals surface area contributed by atoms with Gasteiger partial charge in [-0.1, -0.05) is 12.2 Å². The fourth-order valence-corrected chi connectivity index (χ4v) is 2.36. The number of morpholine rings is 1. The normalized spacial score (nSPS) is 23.6. The molecular weight excluding hydrogens is 278 g/mol. The summed E-state index contributed by atoms with van der Waals surface area (Å²) in [7, 11) is 1.76. The number of thiocarbonyl (C=S) groups is 1. The highest BCUT2D eigenvalue weighted by Gasteiger charge is 2.25. The molecule has 0 aromatic rings. The van der Waals surface area contributed by atoms with Gasteiger partial charge >= 0.3 is 0 Å². The zero-order valence-corrected chi connectivity index (χ0v) is 13.1. The molecule has 116 valence electrons. The first kappa shape index (κ1) is 17.3. The second-order valence-electron chi connectivity index (χ2n) is 5.29. The van der Waals surface area contributed by atoms with Crippen LogP contribution in [-0.2, 0) is 9.53 Å². The minimum atomic E-state index is -0.152. The van der Waals surface area contributed by atoms with Crippen LogP contribution >= 0.6 is 12.2 Å². The summed E-state index contributed by atoms with van der Waals surface area (Å²) in [6, 6.07) is 0. The Labute approximate surface area is 125 Å². The average molecular weight is 303 g/mol. The lowest BCUT2D eigenvalue weighted by Crippen LogP contribution is -2.48. The fourth-order valence-electron chi connectivity index (χ4n) is 2.27. The lowest BCUT2D eigenvalue weighted by molar-refractivity contribution is -0.131. The van der Waals surface area contributed by atoms with E-state index in [1.165, 1.54) is 0 Å². The van der Waals surface area contributed by atoms with Gasteiger partial charge in [-0.3, -0.25) is 9.69 Å². The van der Waals surface area contributed by atoms with Gasteiger partial charge in [-0.15, -0.1) is 0 Å². The van der Waals surface area contributed by atoms with Crippen LogP contribution in [0.15, 0.2) is 0 Å².